The van der Waals surface area contributed by atoms with Crippen LogP contribution in [-0.2, 0) is 21.4 Å². The fourth-order valence-corrected chi connectivity index (χ4v) is 3.40. The van der Waals surface area contributed by atoms with Crippen LogP contribution in [0, 0.1) is 5.92 Å². The molecule has 2 rings (SSSR count). The van der Waals surface area contributed by atoms with Gasteiger partial charge in [0.1, 0.15) is 0 Å². The second-order valence-corrected chi connectivity index (χ2v) is 7.80. The van der Waals surface area contributed by atoms with E-state index >= 15 is 0 Å². The third-order valence-corrected chi connectivity index (χ3v) is 4.68. The molecule has 1 saturated heterocycles. The molecule has 0 saturated carbocycles. The maximum atomic E-state index is 12.8. The maximum absolute atomic E-state index is 12.8. The molecule has 0 aliphatic carbocycles. The van der Waals surface area contributed by atoms with Gasteiger partial charge in [-0.2, -0.15) is 0 Å². The molecule has 23 heavy (non-hydrogen) atoms. The smallest absolute Gasteiger partial charge is 0.254 e. The van der Waals surface area contributed by atoms with E-state index in [4.69, 9.17) is 4.74 Å². The third kappa shape index (κ3) is 5.30. The molecule has 1 heterocycles. The number of sulfonamides is 1. The Hall–Kier alpha value is -1.44. The summed E-state index contributed by atoms with van der Waals surface area (Å²) < 4.78 is 30.1. The fourth-order valence-electron chi connectivity index (χ4n) is 2.87. The Balaban J connectivity index is 2.05. The number of rotatable bonds is 6. The monoisotopic (exact) mass is 340 g/mol. The molecule has 0 aromatic heterocycles. The van der Waals surface area contributed by atoms with Crippen LogP contribution < -0.4 is 4.72 Å². The maximum Gasteiger partial charge on any atom is 0.254 e. The highest BCUT2D eigenvalue weighted by atomic mass is 32.2. The third-order valence-electron chi connectivity index (χ3n) is 3.99. The summed E-state index contributed by atoms with van der Waals surface area (Å²) in [7, 11) is -1.59. The van der Waals surface area contributed by atoms with E-state index in [1.54, 1.807) is 7.11 Å². The van der Waals surface area contributed by atoms with E-state index in [0.717, 1.165) is 24.7 Å². The highest BCUT2D eigenvalue weighted by molar-refractivity contribution is 7.88. The zero-order valence-electron chi connectivity index (χ0n) is 13.6. The first-order valence-electron chi connectivity index (χ1n) is 7.71. The zero-order valence-corrected chi connectivity index (χ0v) is 14.4. The van der Waals surface area contributed by atoms with Crippen molar-refractivity contribution in [3.63, 3.8) is 0 Å². The summed E-state index contributed by atoms with van der Waals surface area (Å²) in [5, 5.41) is 0. The minimum absolute atomic E-state index is 0.0123. The van der Waals surface area contributed by atoms with Gasteiger partial charge >= 0.3 is 0 Å². The van der Waals surface area contributed by atoms with Crippen LogP contribution in [0.1, 0.15) is 28.8 Å². The van der Waals surface area contributed by atoms with Gasteiger partial charge in [-0.3, -0.25) is 4.79 Å². The molecule has 0 radical (unpaired) electrons. The quantitative estimate of drug-likeness (QED) is 0.845. The summed E-state index contributed by atoms with van der Waals surface area (Å²) in [4.78, 5) is 14.6. The van der Waals surface area contributed by atoms with Crippen molar-refractivity contribution >= 4 is 15.9 Å². The molecule has 1 N–H and O–H groups in total. The number of nitrogens with one attached hydrogen (secondary N) is 1. The number of carbonyl (C=O) groups excluding carboxylic acids is 1. The summed E-state index contributed by atoms with van der Waals surface area (Å²) in [6.45, 7) is 2.05. The summed E-state index contributed by atoms with van der Waals surface area (Å²) in [5.74, 6) is 0.138. The summed E-state index contributed by atoms with van der Waals surface area (Å²) >= 11 is 0. The van der Waals surface area contributed by atoms with Gasteiger partial charge in [0.05, 0.1) is 12.9 Å². The number of benzene rings is 1. The Morgan fingerprint density at radius 2 is 2.13 bits per heavy atom. The Bertz CT molecular complexity index is 645. The van der Waals surface area contributed by atoms with Crippen molar-refractivity contribution in [1.29, 1.82) is 0 Å². The van der Waals surface area contributed by atoms with Crippen LogP contribution >= 0.6 is 0 Å². The van der Waals surface area contributed by atoms with Gasteiger partial charge in [-0.05, 0) is 30.4 Å². The molecule has 0 spiro atoms. The fraction of sp³-hybridized carbons (Fsp3) is 0.562. The number of amides is 1. The van der Waals surface area contributed by atoms with Crippen LogP contribution in [-0.4, -0.2) is 52.2 Å². The number of hydrogen-bond acceptors (Lipinski definition) is 4. The van der Waals surface area contributed by atoms with Gasteiger partial charge in [0.2, 0.25) is 10.0 Å². The van der Waals surface area contributed by atoms with Crippen LogP contribution in [0.5, 0.6) is 0 Å². The Kier molecular flexibility index (Phi) is 6.15. The first kappa shape index (κ1) is 17.9. The van der Waals surface area contributed by atoms with Gasteiger partial charge in [0, 0.05) is 32.3 Å². The summed E-state index contributed by atoms with van der Waals surface area (Å²) in [5.41, 5.74) is 1.53. The van der Waals surface area contributed by atoms with Crippen LogP contribution in [0.25, 0.3) is 0 Å². The molecule has 1 amide bonds. The van der Waals surface area contributed by atoms with Crippen LogP contribution in [0.3, 0.4) is 0 Å². The number of carbonyl (C=O) groups is 1. The normalized spacial score (nSPS) is 18.9. The number of ether oxygens (including phenoxy) is 1. The molecular weight excluding hydrogens is 316 g/mol. The van der Waals surface area contributed by atoms with Gasteiger partial charge in [0.25, 0.3) is 5.91 Å². The van der Waals surface area contributed by atoms with E-state index in [0.29, 0.717) is 31.8 Å². The van der Waals surface area contributed by atoms with Crippen molar-refractivity contribution in [2.45, 2.75) is 19.4 Å². The molecule has 1 aliphatic rings. The Morgan fingerprint density at radius 3 is 2.83 bits per heavy atom. The molecule has 7 heteroatoms. The Morgan fingerprint density at radius 1 is 1.39 bits per heavy atom. The van der Waals surface area contributed by atoms with Gasteiger partial charge in [0.15, 0.2) is 0 Å². The number of methoxy groups -OCH3 is 1. The standard InChI is InChI=1S/C16H24N2O4S/c1-22-12-14-7-3-4-8-15(14)16(19)18-9-5-6-13(11-18)10-17-23(2,20)21/h3-4,7-8,13,17H,5-6,9-12H2,1-2H3. The van der Waals surface area contributed by atoms with Crippen molar-refractivity contribution in [3.8, 4) is 0 Å². The average Bonchev–Trinajstić information content (AvgIpc) is 2.53. The van der Waals surface area contributed by atoms with Gasteiger partial charge in [-0.15, -0.1) is 0 Å². The van der Waals surface area contributed by atoms with Crippen molar-refractivity contribution in [2.75, 3.05) is 33.0 Å². The minimum Gasteiger partial charge on any atom is -0.380 e. The van der Waals surface area contributed by atoms with Crippen LogP contribution in [0.4, 0.5) is 0 Å². The molecule has 128 valence electrons. The van der Waals surface area contributed by atoms with Gasteiger partial charge in [-0.25, -0.2) is 13.1 Å². The second-order valence-electron chi connectivity index (χ2n) is 5.97. The van der Waals surface area contributed by atoms with Crippen LogP contribution in [0.2, 0.25) is 0 Å². The molecule has 0 bridgehead atoms. The van der Waals surface area contributed by atoms with E-state index in [-0.39, 0.29) is 11.8 Å². The minimum atomic E-state index is -3.20. The summed E-state index contributed by atoms with van der Waals surface area (Å²) in [6, 6.07) is 7.44. The number of likely N-dealkylation sites (tertiary alicyclic amines) is 1. The molecule has 1 aromatic carbocycles. The lowest BCUT2D eigenvalue weighted by molar-refractivity contribution is 0.0672. The second kappa shape index (κ2) is 7.90. The molecule has 1 aromatic rings. The van der Waals surface area contributed by atoms with E-state index in [1.165, 1.54) is 0 Å². The van der Waals surface area contributed by atoms with Crippen LogP contribution in [0.15, 0.2) is 24.3 Å². The first-order chi connectivity index (χ1) is 10.9. The lowest BCUT2D eigenvalue weighted by Crippen LogP contribution is -2.43. The van der Waals surface area contributed by atoms with Crippen molar-refractivity contribution in [3.05, 3.63) is 35.4 Å². The Labute approximate surface area is 137 Å². The van der Waals surface area contributed by atoms with Gasteiger partial charge < -0.3 is 9.64 Å². The van der Waals surface area contributed by atoms with Gasteiger partial charge in [-0.1, -0.05) is 18.2 Å². The van der Waals surface area contributed by atoms with E-state index < -0.39 is 10.0 Å². The highest BCUT2D eigenvalue weighted by Gasteiger charge is 2.26. The van der Waals surface area contributed by atoms with Crippen molar-refractivity contribution in [1.82, 2.24) is 9.62 Å². The lowest BCUT2D eigenvalue weighted by atomic mass is 9.97. The number of hydrogen-bond donors (Lipinski definition) is 1. The largest absolute Gasteiger partial charge is 0.380 e. The van der Waals surface area contributed by atoms with E-state index in [2.05, 4.69) is 4.72 Å². The topological polar surface area (TPSA) is 75.7 Å². The van der Waals surface area contributed by atoms with E-state index in [9.17, 15) is 13.2 Å². The molecular formula is C16H24N2O4S. The highest BCUT2D eigenvalue weighted by Crippen LogP contribution is 2.20. The molecule has 1 aliphatic heterocycles. The van der Waals surface area contributed by atoms with Crippen molar-refractivity contribution in [2.24, 2.45) is 5.92 Å². The first-order valence-corrected chi connectivity index (χ1v) is 9.60. The lowest BCUT2D eigenvalue weighted by Gasteiger charge is -2.33. The van der Waals surface area contributed by atoms with E-state index in [1.807, 2.05) is 29.2 Å². The molecule has 1 unspecified atom stereocenters. The molecule has 6 nitrogen and oxygen atoms in total. The molecule has 1 atom stereocenters. The molecule has 1 fully saturated rings. The number of piperidine rings is 1. The summed E-state index contributed by atoms with van der Waals surface area (Å²) in [6.07, 6.45) is 2.96. The zero-order chi connectivity index (χ0) is 16.9. The predicted molar refractivity (Wildman–Crippen MR) is 88.6 cm³/mol. The average molecular weight is 340 g/mol. The SMILES string of the molecule is COCc1ccccc1C(=O)N1CCCC(CNS(C)(=O)=O)C1. The predicted octanol–water partition coefficient (Wildman–Crippen LogP) is 1.23. The van der Waals surface area contributed by atoms with Crippen molar-refractivity contribution < 1.29 is 17.9 Å². The number of nitrogens with zero attached hydrogens (tertiary/aromatic N) is 1.